The Morgan fingerprint density at radius 2 is 2.09 bits per heavy atom. The Labute approximate surface area is 142 Å². The smallest absolute Gasteiger partial charge is 0.258 e. The van der Waals surface area contributed by atoms with Crippen LogP contribution in [0.2, 0.25) is 10.0 Å². The molecule has 0 saturated heterocycles. The van der Waals surface area contributed by atoms with Gasteiger partial charge in [-0.05, 0) is 30.3 Å². The number of pyridine rings is 1. The van der Waals surface area contributed by atoms with Gasteiger partial charge < -0.3 is 10.1 Å². The highest BCUT2D eigenvalue weighted by Gasteiger charge is 2.09. The molecule has 1 aromatic carbocycles. The zero-order valence-electron chi connectivity index (χ0n) is 11.9. The summed E-state index contributed by atoms with van der Waals surface area (Å²) >= 11 is 11.8. The average molecular weight is 351 g/mol. The zero-order chi connectivity index (χ0) is 16.2. The molecule has 0 aliphatic carbocycles. The average Bonchev–Trinajstić information content (AvgIpc) is 2.95. The monoisotopic (exact) mass is 350 g/mol. The van der Waals surface area contributed by atoms with Gasteiger partial charge in [-0.3, -0.25) is 9.20 Å². The molecule has 3 aromatic rings. The van der Waals surface area contributed by atoms with E-state index in [0.717, 1.165) is 5.65 Å². The highest BCUT2D eigenvalue weighted by Crippen LogP contribution is 2.27. The van der Waals surface area contributed by atoms with Crippen molar-refractivity contribution in [3.05, 3.63) is 58.5 Å². The topological polar surface area (TPSA) is 68.5 Å². The molecule has 2 heterocycles. The number of carbonyl (C=O) groups excluding carboxylic acids is 1. The van der Waals surface area contributed by atoms with Crippen LogP contribution >= 0.6 is 23.2 Å². The van der Waals surface area contributed by atoms with Crippen LogP contribution in [0.25, 0.3) is 5.65 Å². The molecule has 23 heavy (non-hydrogen) atoms. The highest BCUT2D eigenvalue weighted by atomic mass is 35.5. The third kappa shape index (κ3) is 3.72. The Bertz CT molecular complexity index is 850. The lowest BCUT2D eigenvalue weighted by Crippen LogP contribution is -2.29. The van der Waals surface area contributed by atoms with E-state index in [1.54, 1.807) is 22.6 Å². The van der Waals surface area contributed by atoms with Crippen LogP contribution in [-0.4, -0.2) is 27.1 Å². The highest BCUT2D eigenvalue weighted by molar-refractivity contribution is 6.35. The normalized spacial score (nSPS) is 10.7. The molecule has 0 atom stereocenters. The summed E-state index contributed by atoms with van der Waals surface area (Å²) in [5.41, 5.74) is 0.723. The largest absolute Gasteiger partial charge is 0.482 e. The molecule has 0 radical (unpaired) electrons. The second-order valence-corrected chi connectivity index (χ2v) is 5.53. The summed E-state index contributed by atoms with van der Waals surface area (Å²) in [6, 6.07) is 10.4. The first kappa shape index (κ1) is 15.6. The van der Waals surface area contributed by atoms with E-state index in [4.69, 9.17) is 27.9 Å². The zero-order valence-corrected chi connectivity index (χ0v) is 13.4. The molecule has 0 bridgehead atoms. The van der Waals surface area contributed by atoms with Crippen molar-refractivity contribution < 1.29 is 9.53 Å². The molecule has 3 rings (SSSR count). The van der Waals surface area contributed by atoms with Crippen molar-refractivity contribution in [1.82, 2.24) is 19.9 Å². The van der Waals surface area contributed by atoms with E-state index in [0.29, 0.717) is 21.6 Å². The van der Waals surface area contributed by atoms with Crippen molar-refractivity contribution >= 4 is 34.8 Å². The van der Waals surface area contributed by atoms with Crippen molar-refractivity contribution in [2.75, 3.05) is 6.61 Å². The second kappa shape index (κ2) is 6.85. The lowest BCUT2D eigenvalue weighted by atomic mass is 10.3. The minimum absolute atomic E-state index is 0.155. The van der Waals surface area contributed by atoms with Gasteiger partial charge in [0.15, 0.2) is 18.1 Å². The summed E-state index contributed by atoms with van der Waals surface area (Å²) in [6.45, 7) is 0.0970. The van der Waals surface area contributed by atoms with Crippen molar-refractivity contribution in [2.24, 2.45) is 0 Å². The van der Waals surface area contributed by atoms with E-state index in [-0.39, 0.29) is 19.1 Å². The van der Waals surface area contributed by atoms with Gasteiger partial charge in [0.2, 0.25) is 0 Å². The maximum Gasteiger partial charge on any atom is 0.258 e. The molecule has 2 aromatic heterocycles. The van der Waals surface area contributed by atoms with Crippen molar-refractivity contribution in [1.29, 1.82) is 0 Å². The summed E-state index contributed by atoms with van der Waals surface area (Å²) in [5.74, 6) is 0.751. The van der Waals surface area contributed by atoms with Crippen LogP contribution in [0, 0.1) is 0 Å². The van der Waals surface area contributed by atoms with Gasteiger partial charge in [0, 0.05) is 11.2 Å². The number of amides is 1. The van der Waals surface area contributed by atoms with E-state index >= 15 is 0 Å². The van der Waals surface area contributed by atoms with Crippen LogP contribution in [0.5, 0.6) is 5.75 Å². The molecule has 118 valence electrons. The van der Waals surface area contributed by atoms with Gasteiger partial charge in [0.05, 0.1) is 11.6 Å². The summed E-state index contributed by atoms with van der Waals surface area (Å²) in [6.07, 6.45) is 1.83. The van der Waals surface area contributed by atoms with Crippen LogP contribution in [0.3, 0.4) is 0 Å². The Morgan fingerprint density at radius 3 is 2.91 bits per heavy atom. The molecule has 0 fully saturated rings. The van der Waals surface area contributed by atoms with Crippen molar-refractivity contribution in [3.8, 4) is 5.75 Å². The molecule has 8 heteroatoms. The fourth-order valence-electron chi connectivity index (χ4n) is 1.98. The summed E-state index contributed by atoms with van der Waals surface area (Å²) in [5, 5.41) is 11.6. The fraction of sp³-hybridized carbons (Fsp3) is 0.133. The lowest BCUT2D eigenvalue weighted by molar-refractivity contribution is -0.123. The summed E-state index contributed by atoms with van der Waals surface area (Å²) in [4.78, 5) is 11.9. The van der Waals surface area contributed by atoms with Gasteiger partial charge in [0.25, 0.3) is 5.91 Å². The molecule has 0 saturated carbocycles. The first-order chi connectivity index (χ1) is 11.1. The first-order valence-electron chi connectivity index (χ1n) is 6.76. The maximum atomic E-state index is 11.9. The van der Waals surface area contributed by atoms with Crippen LogP contribution in [-0.2, 0) is 11.3 Å². The number of benzene rings is 1. The number of rotatable bonds is 5. The predicted octanol–water partition coefficient (Wildman–Crippen LogP) is 2.73. The molecule has 0 spiro atoms. The quantitative estimate of drug-likeness (QED) is 0.768. The van der Waals surface area contributed by atoms with Gasteiger partial charge in [-0.1, -0.05) is 29.3 Å². The minimum Gasteiger partial charge on any atom is -0.482 e. The Balaban J connectivity index is 1.55. The Morgan fingerprint density at radius 1 is 1.22 bits per heavy atom. The number of hydrogen-bond acceptors (Lipinski definition) is 4. The SMILES string of the molecule is O=C(COc1ccc(Cl)cc1Cl)NCc1nnc2ccccn12. The molecule has 0 aliphatic rings. The summed E-state index contributed by atoms with van der Waals surface area (Å²) < 4.78 is 7.17. The van der Waals surface area contributed by atoms with E-state index in [1.807, 2.05) is 24.4 Å². The van der Waals surface area contributed by atoms with Gasteiger partial charge in [-0.2, -0.15) is 0 Å². The van der Waals surface area contributed by atoms with Gasteiger partial charge in [0.1, 0.15) is 5.75 Å². The number of aromatic nitrogens is 3. The van der Waals surface area contributed by atoms with Crippen LogP contribution in [0.15, 0.2) is 42.6 Å². The maximum absolute atomic E-state index is 11.9. The van der Waals surface area contributed by atoms with Crippen molar-refractivity contribution in [3.63, 3.8) is 0 Å². The molecule has 1 N–H and O–H groups in total. The third-order valence-electron chi connectivity index (χ3n) is 3.08. The van der Waals surface area contributed by atoms with Crippen LogP contribution in [0.4, 0.5) is 0 Å². The molecule has 6 nitrogen and oxygen atoms in total. The van der Waals surface area contributed by atoms with Gasteiger partial charge in [-0.15, -0.1) is 10.2 Å². The molecular formula is C15H12Cl2N4O2. The van der Waals surface area contributed by atoms with Gasteiger partial charge in [-0.25, -0.2) is 0 Å². The fourth-order valence-corrected chi connectivity index (χ4v) is 2.44. The lowest BCUT2D eigenvalue weighted by Gasteiger charge is -2.08. The number of carbonyl (C=O) groups is 1. The molecule has 0 aliphatic heterocycles. The number of halogens is 2. The number of hydrogen-bond donors (Lipinski definition) is 1. The van der Waals surface area contributed by atoms with Gasteiger partial charge >= 0.3 is 0 Å². The van der Waals surface area contributed by atoms with E-state index in [1.165, 1.54) is 0 Å². The van der Waals surface area contributed by atoms with E-state index in [9.17, 15) is 4.79 Å². The standard InChI is InChI=1S/C15H12Cl2N4O2/c16-10-4-5-12(11(17)7-10)23-9-15(22)18-8-14-20-19-13-3-1-2-6-21(13)14/h1-7H,8-9H2,(H,18,22). The molecule has 0 unspecified atom stereocenters. The van der Waals surface area contributed by atoms with E-state index < -0.39 is 0 Å². The number of nitrogens with zero attached hydrogens (tertiary/aromatic N) is 3. The van der Waals surface area contributed by atoms with Crippen molar-refractivity contribution in [2.45, 2.75) is 6.54 Å². The van der Waals surface area contributed by atoms with Crippen LogP contribution in [0.1, 0.15) is 5.82 Å². The number of ether oxygens (including phenoxy) is 1. The Hall–Kier alpha value is -2.31. The second-order valence-electron chi connectivity index (χ2n) is 4.69. The molecular weight excluding hydrogens is 339 g/mol. The third-order valence-corrected chi connectivity index (χ3v) is 3.61. The summed E-state index contributed by atoms with van der Waals surface area (Å²) in [7, 11) is 0. The molecule has 1 amide bonds. The predicted molar refractivity (Wildman–Crippen MR) is 86.8 cm³/mol. The first-order valence-corrected chi connectivity index (χ1v) is 7.52. The number of nitrogens with one attached hydrogen (secondary N) is 1. The van der Waals surface area contributed by atoms with Crippen LogP contribution < -0.4 is 10.1 Å². The minimum atomic E-state index is -0.288. The van der Waals surface area contributed by atoms with E-state index in [2.05, 4.69) is 15.5 Å². The Kier molecular flexibility index (Phi) is 4.64. The number of fused-ring (bicyclic) bond motifs is 1.